The van der Waals surface area contributed by atoms with Crippen molar-refractivity contribution in [3.63, 3.8) is 0 Å². The molecule has 3 rings (SSSR count). The van der Waals surface area contributed by atoms with E-state index in [-0.39, 0.29) is 23.8 Å². The van der Waals surface area contributed by atoms with Gasteiger partial charge in [0.2, 0.25) is 5.91 Å². The summed E-state index contributed by atoms with van der Waals surface area (Å²) in [5.41, 5.74) is 4.06. The fraction of sp³-hybridized carbons (Fsp3) is 0.286. The molecule has 1 atom stereocenters. The summed E-state index contributed by atoms with van der Waals surface area (Å²) in [4.78, 5) is 30.0. The van der Waals surface area contributed by atoms with E-state index in [9.17, 15) is 9.59 Å². The molecular weight excluding hydrogens is 446 g/mol. The number of benzene rings is 3. The van der Waals surface area contributed by atoms with Crippen molar-refractivity contribution in [2.45, 2.75) is 33.4 Å². The summed E-state index contributed by atoms with van der Waals surface area (Å²) >= 11 is 6.20. The molecule has 2 amide bonds. The van der Waals surface area contributed by atoms with Crippen molar-refractivity contribution < 1.29 is 9.59 Å². The number of carbonyl (C=O) groups is 2. The number of hydrogen-bond acceptors (Lipinski definition) is 3. The minimum absolute atomic E-state index is 0.0755. The average Bonchev–Trinajstić information content (AvgIpc) is 2.82. The summed E-state index contributed by atoms with van der Waals surface area (Å²) < 4.78 is 0. The monoisotopic (exact) mass is 477 g/mol. The van der Waals surface area contributed by atoms with Crippen LogP contribution in [0.15, 0.2) is 72.8 Å². The highest BCUT2D eigenvalue weighted by atomic mass is 35.5. The Balaban J connectivity index is 1.95. The first-order valence-corrected chi connectivity index (χ1v) is 11.8. The third kappa shape index (κ3) is 5.97. The molecule has 1 N–H and O–H groups in total. The van der Waals surface area contributed by atoms with Crippen LogP contribution >= 0.6 is 11.6 Å². The first-order valence-electron chi connectivity index (χ1n) is 11.4. The molecule has 0 saturated heterocycles. The molecule has 6 heteroatoms. The molecule has 0 aromatic heterocycles. The van der Waals surface area contributed by atoms with Gasteiger partial charge in [0.1, 0.15) is 0 Å². The second kappa shape index (κ2) is 11.2. The fourth-order valence-corrected chi connectivity index (χ4v) is 4.12. The van der Waals surface area contributed by atoms with Gasteiger partial charge >= 0.3 is 0 Å². The van der Waals surface area contributed by atoms with Crippen LogP contribution in [0, 0.1) is 5.92 Å². The van der Waals surface area contributed by atoms with Gasteiger partial charge in [0.15, 0.2) is 0 Å². The van der Waals surface area contributed by atoms with Crippen LogP contribution in [-0.2, 0) is 11.3 Å². The van der Waals surface area contributed by atoms with E-state index in [0.29, 0.717) is 22.8 Å². The number of anilines is 2. The second-order valence-electron chi connectivity index (χ2n) is 8.88. The Bertz CT molecular complexity index is 1150. The van der Waals surface area contributed by atoms with Crippen LogP contribution < -0.4 is 10.2 Å². The zero-order chi connectivity index (χ0) is 24.8. The van der Waals surface area contributed by atoms with Gasteiger partial charge in [-0.05, 0) is 48.4 Å². The van der Waals surface area contributed by atoms with Gasteiger partial charge < -0.3 is 15.1 Å². The summed E-state index contributed by atoms with van der Waals surface area (Å²) in [7, 11) is 3.94. The number of nitrogens with zero attached hydrogens (tertiary/aromatic N) is 2. The van der Waals surface area contributed by atoms with Crippen molar-refractivity contribution in [2.24, 2.45) is 5.92 Å². The number of carbonyl (C=O) groups excluding carboxylic acids is 2. The standard InChI is InChI=1S/C28H32ClN3O2/c1-19(2)28(34)32(20(3)21-11-7-6-8-12-21)18-22-17-23(15-16-26(22)31(4)5)30-27(33)24-13-9-10-14-25(24)29/h6-17,19-20H,18H2,1-5H3,(H,30,33). The van der Waals surface area contributed by atoms with Crippen molar-refractivity contribution in [3.05, 3.63) is 94.5 Å². The molecule has 3 aromatic carbocycles. The van der Waals surface area contributed by atoms with Crippen LogP contribution in [0.4, 0.5) is 11.4 Å². The van der Waals surface area contributed by atoms with Crippen molar-refractivity contribution in [2.75, 3.05) is 24.3 Å². The molecule has 5 nitrogen and oxygen atoms in total. The Labute approximate surface area is 207 Å². The van der Waals surface area contributed by atoms with E-state index in [1.54, 1.807) is 24.3 Å². The Morgan fingerprint density at radius 2 is 1.56 bits per heavy atom. The summed E-state index contributed by atoms with van der Waals surface area (Å²) in [6.07, 6.45) is 0. The largest absolute Gasteiger partial charge is 0.377 e. The highest BCUT2D eigenvalue weighted by Gasteiger charge is 2.25. The van der Waals surface area contributed by atoms with Crippen molar-refractivity contribution in [1.29, 1.82) is 0 Å². The highest BCUT2D eigenvalue weighted by Crippen LogP contribution is 2.30. The zero-order valence-electron chi connectivity index (χ0n) is 20.4. The molecule has 1 unspecified atom stereocenters. The van der Waals surface area contributed by atoms with Gasteiger partial charge in [-0.1, -0.05) is 67.9 Å². The lowest BCUT2D eigenvalue weighted by Crippen LogP contribution is -2.36. The number of rotatable bonds is 8. The molecule has 0 heterocycles. The molecule has 0 fully saturated rings. The van der Waals surface area contributed by atoms with E-state index in [1.165, 1.54) is 0 Å². The van der Waals surface area contributed by atoms with Gasteiger partial charge in [-0.3, -0.25) is 9.59 Å². The van der Waals surface area contributed by atoms with Gasteiger partial charge in [0, 0.05) is 37.9 Å². The number of amides is 2. The molecule has 3 aromatic rings. The number of halogens is 1. The lowest BCUT2D eigenvalue weighted by atomic mass is 10.0. The van der Waals surface area contributed by atoms with Crippen LogP contribution in [-0.4, -0.2) is 30.8 Å². The minimum atomic E-state index is -0.276. The Hall–Kier alpha value is -3.31. The average molecular weight is 478 g/mol. The van der Waals surface area contributed by atoms with E-state index in [2.05, 4.69) is 5.32 Å². The predicted molar refractivity (Wildman–Crippen MR) is 140 cm³/mol. The second-order valence-corrected chi connectivity index (χ2v) is 9.29. The van der Waals surface area contributed by atoms with E-state index in [4.69, 9.17) is 11.6 Å². The quantitative estimate of drug-likeness (QED) is 0.408. The molecule has 178 valence electrons. The SMILES string of the molecule is CC(C)C(=O)N(Cc1cc(NC(=O)c2ccccc2Cl)ccc1N(C)C)C(C)c1ccccc1. The minimum Gasteiger partial charge on any atom is -0.377 e. The van der Waals surface area contributed by atoms with Crippen molar-refractivity contribution in [3.8, 4) is 0 Å². The molecular formula is C28H32ClN3O2. The van der Waals surface area contributed by atoms with Crippen molar-refractivity contribution in [1.82, 2.24) is 4.90 Å². The van der Waals surface area contributed by atoms with E-state index < -0.39 is 0 Å². The van der Waals surface area contributed by atoms with Gasteiger partial charge in [0.25, 0.3) is 5.91 Å². The summed E-state index contributed by atoms with van der Waals surface area (Å²) in [6, 6.07) is 22.6. The van der Waals surface area contributed by atoms with Gasteiger partial charge in [-0.2, -0.15) is 0 Å². The van der Waals surface area contributed by atoms with Gasteiger partial charge in [-0.15, -0.1) is 0 Å². The number of nitrogens with one attached hydrogen (secondary N) is 1. The van der Waals surface area contributed by atoms with E-state index >= 15 is 0 Å². The molecule has 0 bridgehead atoms. The fourth-order valence-electron chi connectivity index (χ4n) is 3.90. The van der Waals surface area contributed by atoms with Crippen LogP contribution in [0.2, 0.25) is 5.02 Å². The third-order valence-corrected chi connectivity index (χ3v) is 6.13. The van der Waals surface area contributed by atoms with Crippen LogP contribution in [0.3, 0.4) is 0 Å². The lowest BCUT2D eigenvalue weighted by Gasteiger charge is -2.33. The first-order chi connectivity index (χ1) is 16.2. The maximum atomic E-state index is 13.3. The van der Waals surface area contributed by atoms with Crippen LogP contribution in [0.25, 0.3) is 0 Å². The molecule has 0 aliphatic rings. The summed E-state index contributed by atoms with van der Waals surface area (Å²) in [5.74, 6) is -0.342. The van der Waals surface area contributed by atoms with Gasteiger partial charge in [-0.25, -0.2) is 0 Å². The maximum absolute atomic E-state index is 13.3. The Morgan fingerprint density at radius 3 is 2.18 bits per heavy atom. The smallest absolute Gasteiger partial charge is 0.257 e. The molecule has 0 saturated carbocycles. The zero-order valence-corrected chi connectivity index (χ0v) is 21.1. The van der Waals surface area contributed by atoms with Crippen LogP contribution in [0.5, 0.6) is 0 Å². The Morgan fingerprint density at radius 1 is 0.912 bits per heavy atom. The summed E-state index contributed by atoms with van der Waals surface area (Å²) in [5, 5.41) is 3.35. The lowest BCUT2D eigenvalue weighted by molar-refractivity contribution is -0.137. The first kappa shape index (κ1) is 25.3. The third-order valence-electron chi connectivity index (χ3n) is 5.80. The topological polar surface area (TPSA) is 52.7 Å². The molecule has 34 heavy (non-hydrogen) atoms. The summed E-state index contributed by atoms with van der Waals surface area (Å²) in [6.45, 7) is 6.30. The number of hydrogen-bond donors (Lipinski definition) is 1. The molecule has 0 aliphatic heterocycles. The predicted octanol–water partition coefficient (Wildman–Crippen LogP) is 6.40. The van der Waals surface area contributed by atoms with E-state index in [1.807, 2.05) is 93.2 Å². The Kier molecular flexibility index (Phi) is 8.35. The van der Waals surface area contributed by atoms with Crippen molar-refractivity contribution >= 4 is 34.8 Å². The van der Waals surface area contributed by atoms with Gasteiger partial charge in [0.05, 0.1) is 16.6 Å². The van der Waals surface area contributed by atoms with Crippen LogP contribution in [0.1, 0.15) is 48.3 Å². The molecule has 0 spiro atoms. The maximum Gasteiger partial charge on any atom is 0.257 e. The normalized spacial score (nSPS) is 11.7. The van der Waals surface area contributed by atoms with E-state index in [0.717, 1.165) is 16.8 Å². The molecule has 0 aliphatic carbocycles. The highest BCUT2D eigenvalue weighted by molar-refractivity contribution is 6.34. The molecule has 0 radical (unpaired) electrons.